The lowest BCUT2D eigenvalue weighted by atomic mass is 10.1. The number of carbonyl (C=O) groups excluding carboxylic acids is 1. The van der Waals surface area contributed by atoms with E-state index in [9.17, 15) is 4.79 Å². The summed E-state index contributed by atoms with van der Waals surface area (Å²) in [6.45, 7) is 2.71. The third-order valence-corrected chi connectivity index (χ3v) is 2.77. The predicted octanol–water partition coefficient (Wildman–Crippen LogP) is 1.08. The lowest BCUT2D eigenvalue weighted by Crippen LogP contribution is -2.33. The number of rotatable bonds is 4. The average molecular weight is 245 g/mol. The van der Waals surface area contributed by atoms with Crippen molar-refractivity contribution in [2.45, 2.75) is 6.92 Å². The molecule has 1 aromatic heterocycles. The Labute approximate surface area is 105 Å². The number of aliphatic hydroxyl groups is 1. The van der Waals surface area contributed by atoms with Crippen LogP contribution in [0.3, 0.4) is 0 Å². The molecule has 5 heteroatoms. The maximum atomic E-state index is 12.3. The van der Waals surface area contributed by atoms with Gasteiger partial charge in [-0.05, 0) is 19.1 Å². The first kappa shape index (κ1) is 12.4. The van der Waals surface area contributed by atoms with Gasteiger partial charge in [0, 0.05) is 25.5 Å². The van der Waals surface area contributed by atoms with Crippen molar-refractivity contribution in [1.29, 1.82) is 0 Å². The highest BCUT2D eigenvalue weighted by Gasteiger charge is 2.16. The largest absolute Gasteiger partial charge is 0.395 e. The van der Waals surface area contributed by atoms with Gasteiger partial charge in [0.2, 0.25) is 0 Å². The Bertz CT molecular complexity index is 551. The second-order valence-corrected chi connectivity index (χ2v) is 3.84. The van der Waals surface area contributed by atoms with Crippen molar-refractivity contribution in [3.63, 3.8) is 0 Å². The summed E-state index contributed by atoms with van der Waals surface area (Å²) in [7, 11) is 0. The zero-order valence-electron chi connectivity index (χ0n) is 10.2. The molecule has 2 rings (SSSR count). The molecule has 0 saturated heterocycles. The molecule has 0 unspecified atom stereocenters. The van der Waals surface area contributed by atoms with E-state index in [0.717, 1.165) is 0 Å². The van der Waals surface area contributed by atoms with Crippen LogP contribution < -0.4 is 0 Å². The fraction of sp³-hybridized carbons (Fsp3) is 0.308. The highest BCUT2D eigenvalue weighted by molar-refractivity contribution is 6.04. The molecule has 0 aliphatic heterocycles. The molecule has 1 heterocycles. The summed E-state index contributed by atoms with van der Waals surface area (Å²) in [5, 5.41) is 8.95. The second kappa shape index (κ2) is 5.55. The van der Waals surface area contributed by atoms with Crippen LogP contribution in [0.15, 0.2) is 30.6 Å². The number of likely N-dealkylation sites (N-methyl/N-ethyl adjacent to an activating group) is 1. The van der Waals surface area contributed by atoms with Crippen molar-refractivity contribution in [2.24, 2.45) is 0 Å². The van der Waals surface area contributed by atoms with Crippen molar-refractivity contribution in [3.8, 4) is 0 Å². The minimum absolute atomic E-state index is 0.0456. The minimum Gasteiger partial charge on any atom is -0.395 e. The van der Waals surface area contributed by atoms with Crippen LogP contribution in [0.5, 0.6) is 0 Å². The zero-order valence-corrected chi connectivity index (χ0v) is 10.2. The number of aromatic nitrogens is 2. The van der Waals surface area contributed by atoms with Crippen LogP contribution in [-0.2, 0) is 0 Å². The number of para-hydroxylation sites is 1. The molecule has 18 heavy (non-hydrogen) atoms. The molecule has 94 valence electrons. The lowest BCUT2D eigenvalue weighted by Gasteiger charge is -2.20. The first-order valence-corrected chi connectivity index (χ1v) is 5.87. The smallest absolute Gasteiger partial charge is 0.256 e. The third-order valence-electron chi connectivity index (χ3n) is 2.77. The summed E-state index contributed by atoms with van der Waals surface area (Å²) in [6.07, 6.45) is 3.17. The van der Waals surface area contributed by atoms with Crippen LogP contribution in [-0.4, -0.2) is 45.6 Å². The monoisotopic (exact) mass is 245 g/mol. The molecule has 0 saturated carbocycles. The predicted molar refractivity (Wildman–Crippen MR) is 68.2 cm³/mol. The van der Waals surface area contributed by atoms with E-state index < -0.39 is 0 Å². The molecule has 0 aliphatic rings. The SMILES string of the molecule is CCN(CCO)C(=O)c1cccc2nccnc12. The zero-order chi connectivity index (χ0) is 13.0. The number of fused-ring (bicyclic) bond motifs is 1. The van der Waals surface area contributed by atoms with Crippen LogP contribution in [0.2, 0.25) is 0 Å². The molecule has 0 aliphatic carbocycles. The number of hydrogen-bond donors (Lipinski definition) is 1. The van der Waals surface area contributed by atoms with Gasteiger partial charge in [-0.2, -0.15) is 0 Å². The van der Waals surface area contributed by atoms with Crippen LogP contribution in [0.1, 0.15) is 17.3 Å². The molecule has 0 fully saturated rings. The molecule has 0 radical (unpaired) electrons. The van der Waals surface area contributed by atoms with Crippen LogP contribution in [0.4, 0.5) is 0 Å². The second-order valence-electron chi connectivity index (χ2n) is 3.84. The molecular weight excluding hydrogens is 230 g/mol. The molecule has 1 amide bonds. The number of amides is 1. The van der Waals surface area contributed by atoms with Crippen molar-refractivity contribution in [3.05, 3.63) is 36.2 Å². The van der Waals surface area contributed by atoms with E-state index in [2.05, 4.69) is 9.97 Å². The maximum absolute atomic E-state index is 12.3. The Morgan fingerprint density at radius 2 is 2.11 bits per heavy atom. The highest BCUT2D eigenvalue weighted by Crippen LogP contribution is 2.15. The Hall–Kier alpha value is -2.01. The van der Waals surface area contributed by atoms with Gasteiger partial charge in [0.05, 0.1) is 17.7 Å². The van der Waals surface area contributed by atoms with Crippen LogP contribution in [0.25, 0.3) is 11.0 Å². The molecule has 5 nitrogen and oxygen atoms in total. The van der Waals surface area contributed by atoms with E-state index in [4.69, 9.17) is 5.11 Å². The number of aliphatic hydroxyl groups excluding tert-OH is 1. The number of hydrogen-bond acceptors (Lipinski definition) is 4. The van der Waals surface area contributed by atoms with Gasteiger partial charge >= 0.3 is 0 Å². The van der Waals surface area contributed by atoms with Gasteiger partial charge in [0.1, 0.15) is 5.52 Å². The lowest BCUT2D eigenvalue weighted by molar-refractivity contribution is 0.0733. The van der Waals surface area contributed by atoms with Crippen LogP contribution in [0, 0.1) is 0 Å². The van der Waals surface area contributed by atoms with Gasteiger partial charge in [-0.25, -0.2) is 0 Å². The number of benzene rings is 1. The van der Waals surface area contributed by atoms with E-state index in [1.165, 1.54) is 0 Å². The average Bonchev–Trinajstić information content (AvgIpc) is 2.43. The standard InChI is InChI=1S/C13H15N3O2/c1-2-16(8-9-17)13(18)10-4-3-5-11-12(10)15-7-6-14-11/h3-7,17H,2,8-9H2,1H3. The van der Waals surface area contributed by atoms with Crippen LogP contribution >= 0.6 is 0 Å². The molecule has 0 spiro atoms. The van der Waals surface area contributed by atoms with Gasteiger partial charge in [0.25, 0.3) is 5.91 Å². The van der Waals surface area contributed by atoms with E-state index >= 15 is 0 Å². The topological polar surface area (TPSA) is 66.3 Å². The third kappa shape index (κ3) is 2.31. The van der Waals surface area contributed by atoms with Crippen molar-refractivity contribution >= 4 is 16.9 Å². The van der Waals surface area contributed by atoms with Gasteiger partial charge in [0.15, 0.2) is 0 Å². The minimum atomic E-state index is -0.127. The molecular formula is C13H15N3O2. The van der Waals surface area contributed by atoms with Crippen molar-refractivity contribution < 1.29 is 9.90 Å². The summed E-state index contributed by atoms with van der Waals surface area (Å²) in [5.74, 6) is -0.127. The van der Waals surface area contributed by atoms with Crippen molar-refractivity contribution in [2.75, 3.05) is 19.7 Å². The first-order valence-electron chi connectivity index (χ1n) is 5.87. The van der Waals surface area contributed by atoms with Gasteiger partial charge in [-0.15, -0.1) is 0 Å². The number of carbonyl (C=O) groups is 1. The first-order chi connectivity index (χ1) is 8.77. The molecule has 2 aromatic rings. The van der Waals surface area contributed by atoms with Gasteiger partial charge in [-0.3, -0.25) is 14.8 Å². The Balaban J connectivity index is 2.44. The quantitative estimate of drug-likeness (QED) is 0.875. The van der Waals surface area contributed by atoms with E-state index in [1.807, 2.05) is 13.0 Å². The number of nitrogens with zero attached hydrogens (tertiary/aromatic N) is 3. The van der Waals surface area contributed by atoms with Gasteiger partial charge in [-0.1, -0.05) is 6.07 Å². The summed E-state index contributed by atoms with van der Waals surface area (Å²) in [6, 6.07) is 5.35. The Kier molecular flexibility index (Phi) is 3.84. The normalized spacial score (nSPS) is 10.6. The molecule has 1 aromatic carbocycles. The summed E-state index contributed by atoms with van der Waals surface area (Å²) in [5.41, 5.74) is 1.82. The van der Waals surface area contributed by atoms with Gasteiger partial charge < -0.3 is 10.0 Å². The summed E-state index contributed by atoms with van der Waals surface area (Å²) in [4.78, 5) is 22.3. The van der Waals surface area contributed by atoms with Crippen molar-refractivity contribution in [1.82, 2.24) is 14.9 Å². The van der Waals surface area contributed by atoms with E-state index in [1.54, 1.807) is 29.4 Å². The summed E-state index contributed by atoms with van der Waals surface area (Å²) < 4.78 is 0. The Morgan fingerprint density at radius 1 is 1.33 bits per heavy atom. The van der Waals surface area contributed by atoms with E-state index in [0.29, 0.717) is 29.7 Å². The summed E-state index contributed by atoms with van der Waals surface area (Å²) >= 11 is 0. The fourth-order valence-corrected chi connectivity index (χ4v) is 1.86. The van der Waals surface area contributed by atoms with E-state index in [-0.39, 0.29) is 12.5 Å². The highest BCUT2D eigenvalue weighted by atomic mass is 16.3. The Morgan fingerprint density at radius 3 is 2.83 bits per heavy atom. The molecule has 0 bridgehead atoms. The fourth-order valence-electron chi connectivity index (χ4n) is 1.86. The molecule has 1 N–H and O–H groups in total. The maximum Gasteiger partial charge on any atom is 0.256 e. The molecule has 0 atom stereocenters.